The van der Waals surface area contributed by atoms with Crippen LogP contribution in [0.2, 0.25) is 0 Å². The average molecular weight is 1760 g/mol. The summed E-state index contributed by atoms with van der Waals surface area (Å²) >= 11 is 0. The zero-order chi connectivity index (χ0) is 93.6. The fraction of sp³-hybridized carbons (Fsp3) is 0.116. The van der Waals surface area contributed by atoms with Crippen LogP contribution in [-0.4, -0.2) is 56.0 Å². The maximum absolute atomic E-state index is 14.2. The van der Waals surface area contributed by atoms with Crippen molar-refractivity contribution in [1.29, 1.82) is 0 Å². The second kappa shape index (κ2) is 43.6. The molecule has 12 rings (SSSR count). The zero-order valence-corrected chi connectivity index (χ0v) is 69.7. The zero-order valence-electron chi connectivity index (χ0n) is 69.7. The summed E-state index contributed by atoms with van der Waals surface area (Å²) in [6.07, 6.45) is -13.5. The van der Waals surface area contributed by atoms with Crippen molar-refractivity contribution in [2.45, 2.75) is 69.9 Å². The first-order valence-corrected chi connectivity index (χ1v) is 39.8. The van der Waals surface area contributed by atoms with Crippen LogP contribution in [0.25, 0.3) is 36.5 Å². The van der Waals surface area contributed by atoms with E-state index in [2.05, 4.69) is 39.5 Å². The van der Waals surface area contributed by atoms with Crippen LogP contribution in [0, 0.1) is 60.4 Å². The number of halogens is 25. The van der Waals surface area contributed by atoms with Gasteiger partial charge in [-0.15, -0.1) is 10.9 Å². The molecule has 0 aliphatic rings. The molecule has 0 N–H and O–H groups in total. The van der Waals surface area contributed by atoms with Crippen molar-refractivity contribution in [2.75, 3.05) is 0 Å². The first kappa shape index (κ1) is 101. The SMILES string of the molecule is C=Cc1ccc([BH2-]c2c(C)cc(C(F)(F)F)cc2C)cc1.C=Cc1ccc([BH2-]c2c(F)c(F)c(F)c(F)c2F)cc1.C=Cc1ccc([BH2-]c2c(F)cc(F)cc2F)cc1.C=Cc1ccc([BH2-]c2cc(C(F)(F)F)cc(C(C)(F)C(F)(F)F)c2)cc1.C=Cc1ccc([BH2-]c2ccc(C(F)(F)F)cc2)cc1.C=Cc1ccc([BH2-]c2cccc(C(C)(F)C(F)(F)F)c2)cc1. The van der Waals surface area contributed by atoms with E-state index in [1.807, 2.05) is 97.1 Å². The molecule has 660 valence electrons. The van der Waals surface area contributed by atoms with Gasteiger partial charge in [0.2, 0.25) is 11.3 Å². The molecule has 2 atom stereocenters. The third-order valence-electron chi connectivity index (χ3n) is 22.1. The van der Waals surface area contributed by atoms with Gasteiger partial charge >= 0.3 is 30.9 Å². The number of hydrogen-bond donors (Lipinski definition) is 0. The Labute approximate surface area is 716 Å². The van der Waals surface area contributed by atoms with E-state index in [-0.39, 0.29) is 29.5 Å². The molecule has 0 saturated heterocycles. The Bertz CT molecular complexity index is 5650. The molecule has 0 amide bonds. The molecule has 0 fully saturated rings. The van der Waals surface area contributed by atoms with Crippen molar-refractivity contribution in [3.8, 4) is 0 Å². The second-order valence-corrected chi connectivity index (χ2v) is 31.4. The fourth-order valence-electron chi connectivity index (χ4n) is 14.2. The highest BCUT2D eigenvalue weighted by molar-refractivity contribution is 6.70. The lowest BCUT2D eigenvalue weighted by Crippen LogP contribution is -2.37. The van der Waals surface area contributed by atoms with Crippen LogP contribution in [-0.2, 0) is 29.9 Å². The maximum Gasteiger partial charge on any atom is 0.426 e. The van der Waals surface area contributed by atoms with E-state index in [1.54, 1.807) is 117 Å². The van der Waals surface area contributed by atoms with Crippen molar-refractivity contribution in [3.63, 3.8) is 0 Å². The molecule has 0 radical (unpaired) electrons. The lowest BCUT2D eigenvalue weighted by molar-refractivity contribution is -0.229. The fourth-order valence-corrected chi connectivity index (χ4v) is 14.2. The van der Waals surface area contributed by atoms with Gasteiger partial charge in [0, 0.05) is 55.8 Å². The van der Waals surface area contributed by atoms with Crippen LogP contribution in [0.4, 0.5) is 110 Å². The minimum Gasteiger partial charge on any atom is -0.229 e. The molecule has 0 aromatic heterocycles. The Morgan fingerprint density at radius 3 is 0.802 bits per heavy atom. The Hall–Kier alpha value is -12.3. The van der Waals surface area contributed by atoms with Gasteiger partial charge in [-0.1, -0.05) is 305 Å². The first-order chi connectivity index (χ1) is 58.9. The maximum atomic E-state index is 14.2. The summed E-state index contributed by atoms with van der Waals surface area (Å²) in [5.41, 5.74) is 3.83. The minimum atomic E-state index is -5.32. The number of benzene rings is 12. The molecule has 12 aromatic carbocycles. The van der Waals surface area contributed by atoms with E-state index in [1.165, 1.54) is 41.3 Å². The Morgan fingerprint density at radius 1 is 0.230 bits per heavy atom. The van der Waals surface area contributed by atoms with Crippen LogP contribution in [0.5, 0.6) is 0 Å². The van der Waals surface area contributed by atoms with Gasteiger partial charge in [-0.05, 0) is 78.3 Å². The van der Waals surface area contributed by atoms with E-state index in [4.69, 9.17) is 0 Å². The van der Waals surface area contributed by atoms with Gasteiger partial charge in [0.05, 0.1) is 28.3 Å². The van der Waals surface area contributed by atoms with E-state index in [9.17, 15) is 110 Å². The second-order valence-electron chi connectivity index (χ2n) is 31.4. The topological polar surface area (TPSA) is 0 Å². The third-order valence-corrected chi connectivity index (χ3v) is 22.1. The normalized spacial score (nSPS) is 12.4. The predicted octanol–water partition coefficient (Wildman–Crippen LogP) is 17.0. The largest absolute Gasteiger partial charge is 0.426 e. The van der Waals surface area contributed by atoms with Crippen molar-refractivity contribution in [1.82, 2.24) is 0 Å². The molecule has 31 heteroatoms. The Kier molecular flexibility index (Phi) is 34.8. The van der Waals surface area contributed by atoms with Crippen molar-refractivity contribution in [2.24, 2.45) is 0 Å². The number of aryl methyl sites for hydroxylation is 2. The Morgan fingerprint density at radius 2 is 0.484 bits per heavy atom. The van der Waals surface area contributed by atoms with Crippen molar-refractivity contribution >= 4 is 146 Å². The molecule has 0 spiro atoms. The molecule has 0 nitrogen and oxygen atoms in total. The molecule has 0 aliphatic heterocycles. The summed E-state index contributed by atoms with van der Waals surface area (Å²) in [4.78, 5) is 0. The molecule has 0 saturated carbocycles. The molecule has 0 aliphatic carbocycles. The highest BCUT2D eigenvalue weighted by Gasteiger charge is 2.54. The number of alkyl halides is 17. The van der Waals surface area contributed by atoms with Crippen molar-refractivity contribution < 1.29 is 110 Å². The molecule has 0 heterocycles. The molecule has 12 aromatic rings. The van der Waals surface area contributed by atoms with Gasteiger partial charge < -0.3 is 0 Å². The van der Waals surface area contributed by atoms with Crippen LogP contribution in [0.15, 0.2) is 276 Å². The van der Waals surface area contributed by atoms with Gasteiger partial charge in [-0.3, -0.25) is 0 Å². The van der Waals surface area contributed by atoms with E-state index in [0.717, 1.165) is 108 Å². The standard InChI is InChI=1S/C18H15BF7.C17H16BF4.C17H17BF3.C15H13BF3.C14H9BF5.C14H11BF3/c1-3-11-4-6-14(7-5-11)19-15-9-12(16(2,20)18(24,25)26)8-13(10-15)17(21,22)23;1-3-12-7-9-14(10-8-12)18-15-6-4-5-13(11-15)16(2,19)17(20,21)22;1-4-13-5-7-15(8-6-13)18-16-11(2)9-14(10-12(16)3)17(19,20)21;1-2-11-3-7-13(8-4-11)16-14-9-5-12(6-10-14)15(17,18)19;1-2-7-3-5-8(6-4-7)15-9-10(16)12(18)14(20)13(19)11(9)17;1-2-9-3-5-10(6-4-9)15-14-12(17)7-11(16)8-13(14)18/h3-10H,1,19H2,2H3;3-11H,1,18H2,2H3;4-10H,1,18H2,2-3H3;2-10H,1,16H2;2-6H,1,15H2;2-8H,1,15H2/q6*-1. The summed E-state index contributed by atoms with van der Waals surface area (Å²) in [6, 6.07) is 61.3. The van der Waals surface area contributed by atoms with Crippen LogP contribution in [0.3, 0.4) is 0 Å². The quantitative estimate of drug-likeness (QED) is 0.0309. The van der Waals surface area contributed by atoms with Crippen LogP contribution >= 0.6 is 0 Å². The van der Waals surface area contributed by atoms with Crippen LogP contribution < -0.4 is 65.6 Å². The molecular weight excluding hydrogens is 1680 g/mol. The van der Waals surface area contributed by atoms with E-state index in [0.29, 0.717) is 17.8 Å². The van der Waals surface area contributed by atoms with Crippen molar-refractivity contribution in [3.05, 3.63) is 395 Å². The number of rotatable bonds is 20. The van der Waals surface area contributed by atoms with Gasteiger partial charge in [0.25, 0.3) is 0 Å². The molecular formula is C95H81B6F25-6. The lowest BCUT2D eigenvalue weighted by atomic mass is 9.61. The summed E-state index contributed by atoms with van der Waals surface area (Å²) in [6.45, 7) is 26.1. The summed E-state index contributed by atoms with van der Waals surface area (Å²) in [5, 5.41) is 0. The van der Waals surface area contributed by atoms with Gasteiger partial charge in [-0.2, -0.15) is 65.9 Å². The average Bonchev–Trinajstić information content (AvgIpc) is 0.786. The van der Waals surface area contributed by atoms with Gasteiger partial charge in [0.1, 0.15) is 17.5 Å². The summed E-state index contributed by atoms with van der Waals surface area (Å²) in [7, 11) is -6.22. The molecule has 126 heavy (non-hydrogen) atoms. The monoisotopic (exact) mass is 1760 g/mol. The minimum absolute atomic E-state index is 0.00255. The third kappa shape index (κ3) is 28.4. The predicted molar refractivity (Wildman–Crippen MR) is 478 cm³/mol. The highest BCUT2D eigenvalue weighted by Crippen LogP contribution is 2.44. The van der Waals surface area contributed by atoms with Gasteiger partial charge in [-0.25, -0.2) is 98.5 Å². The number of hydrogen-bond acceptors (Lipinski definition) is 0. The highest BCUT2D eigenvalue weighted by atomic mass is 19.4. The van der Waals surface area contributed by atoms with E-state index < -0.39 is 160 Å². The molecule has 2 unspecified atom stereocenters. The van der Waals surface area contributed by atoms with Gasteiger partial charge in [0.15, 0.2) is 17.5 Å². The lowest BCUT2D eigenvalue weighted by Gasteiger charge is -2.26. The van der Waals surface area contributed by atoms with Crippen LogP contribution in [0.1, 0.15) is 86.2 Å². The molecule has 0 bridgehead atoms. The summed E-state index contributed by atoms with van der Waals surface area (Å²) < 4.78 is 326. The Balaban J connectivity index is 0.000000208. The smallest absolute Gasteiger partial charge is 0.229 e. The first-order valence-electron chi connectivity index (χ1n) is 39.8. The van der Waals surface area contributed by atoms with E-state index >= 15 is 0 Å². The summed E-state index contributed by atoms with van der Waals surface area (Å²) in [5.74, 6) is -11.9.